The fraction of sp³-hybridized carbons (Fsp3) is 0.200. The van der Waals surface area contributed by atoms with Gasteiger partial charge >= 0.3 is 5.82 Å². The van der Waals surface area contributed by atoms with E-state index in [1.54, 1.807) is 26.2 Å². The molecule has 0 aliphatic carbocycles. The van der Waals surface area contributed by atoms with Gasteiger partial charge in [0.1, 0.15) is 12.0 Å². The Bertz CT molecular complexity index is 805. The summed E-state index contributed by atoms with van der Waals surface area (Å²) in [4.78, 5) is 14.4. The summed E-state index contributed by atoms with van der Waals surface area (Å²) in [5, 5.41) is 26.0. The second-order valence-electron chi connectivity index (χ2n) is 4.02. The maximum Gasteiger partial charge on any atom is 0.343 e. The van der Waals surface area contributed by atoms with Crippen LogP contribution in [-0.4, -0.2) is 41.3 Å². The zero-order valence-corrected chi connectivity index (χ0v) is 10.7. The van der Waals surface area contributed by atoms with E-state index in [1.807, 2.05) is 0 Å². The molecular weight excluding hydrogens is 264 g/mol. The zero-order valence-electron chi connectivity index (χ0n) is 10.7. The summed E-state index contributed by atoms with van der Waals surface area (Å²) in [7, 11) is 3.28. The molecule has 0 amide bonds. The fourth-order valence-corrected chi connectivity index (χ4v) is 1.84. The first-order valence-electron chi connectivity index (χ1n) is 5.68. The van der Waals surface area contributed by atoms with Crippen molar-refractivity contribution in [2.45, 2.75) is 0 Å². The fourth-order valence-electron chi connectivity index (χ4n) is 1.84. The quantitative estimate of drug-likeness (QED) is 0.545. The average Bonchev–Trinajstić information content (AvgIpc) is 3.01. The molecule has 0 aromatic carbocycles. The third-order valence-electron chi connectivity index (χ3n) is 2.87. The van der Waals surface area contributed by atoms with Crippen molar-refractivity contribution in [3.63, 3.8) is 0 Å². The summed E-state index contributed by atoms with van der Waals surface area (Å²) in [5.74, 6) is 1.17. The smallest absolute Gasteiger partial charge is 0.343 e. The van der Waals surface area contributed by atoms with Gasteiger partial charge in [0.15, 0.2) is 5.65 Å². The number of hydrogen-bond donors (Lipinski definition) is 1. The van der Waals surface area contributed by atoms with Gasteiger partial charge in [0.25, 0.3) is 5.82 Å². The number of rotatable bonds is 3. The van der Waals surface area contributed by atoms with Crippen molar-refractivity contribution in [1.29, 1.82) is 0 Å². The lowest BCUT2D eigenvalue weighted by Gasteiger charge is -2.00. The van der Waals surface area contributed by atoms with Gasteiger partial charge in [0.2, 0.25) is 5.82 Å². The Labute approximate surface area is 112 Å². The van der Waals surface area contributed by atoms with Crippen LogP contribution in [0.2, 0.25) is 0 Å². The molecule has 3 heterocycles. The lowest BCUT2D eigenvalue weighted by atomic mass is 10.5. The van der Waals surface area contributed by atoms with Crippen LogP contribution in [0.25, 0.3) is 17.3 Å². The molecule has 0 aliphatic heterocycles. The molecule has 102 valence electrons. The van der Waals surface area contributed by atoms with E-state index in [-0.39, 0.29) is 5.82 Å². The highest BCUT2D eigenvalue weighted by Crippen LogP contribution is 2.21. The number of aromatic nitrogens is 6. The monoisotopic (exact) mass is 274 g/mol. The minimum atomic E-state index is -0.508. The average molecular weight is 274 g/mol. The Morgan fingerprint density at radius 2 is 2.10 bits per heavy atom. The molecule has 0 unspecified atom stereocenters. The molecule has 20 heavy (non-hydrogen) atoms. The third-order valence-corrected chi connectivity index (χ3v) is 2.87. The molecule has 1 N–H and O–H groups in total. The van der Waals surface area contributed by atoms with E-state index in [0.717, 1.165) is 0 Å². The summed E-state index contributed by atoms with van der Waals surface area (Å²) < 4.78 is 2.82. The lowest BCUT2D eigenvalue weighted by molar-refractivity contribution is -0.391. The van der Waals surface area contributed by atoms with E-state index in [2.05, 4.69) is 25.6 Å². The van der Waals surface area contributed by atoms with Crippen molar-refractivity contribution in [1.82, 2.24) is 29.4 Å². The number of nitrogens with one attached hydrogen (secondary N) is 1. The first-order valence-corrected chi connectivity index (χ1v) is 5.68. The maximum atomic E-state index is 10.8. The summed E-state index contributed by atoms with van der Waals surface area (Å²) in [5.41, 5.74) is 0.532. The van der Waals surface area contributed by atoms with Gasteiger partial charge in [-0.3, -0.25) is 0 Å². The summed E-state index contributed by atoms with van der Waals surface area (Å²) in [6.07, 6.45) is 1.18. The Kier molecular flexibility index (Phi) is 2.56. The second-order valence-corrected chi connectivity index (χ2v) is 4.02. The van der Waals surface area contributed by atoms with Gasteiger partial charge in [0, 0.05) is 7.05 Å². The highest BCUT2D eigenvalue weighted by Gasteiger charge is 2.23. The molecule has 0 bridgehead atoms. The molecule has 0 atom stereocenters. The number of imidazole rings is 1. The Balaban J connectivity index is 2.21. The SMILES string of the molecule is CNc1ccc2nnc(-c3ncc([N+](=O)[O-])n3C)n2n1. The predicted octanol–water partition coefficient (Wildman–Crippen LogP) is 0.475. The Morgan fingerprint density at radius 3 is 2.75 bits per heavy atom. The standard InChI is InChI=1S/C10H10N8O2/c1-11-6-3-4-7-13-14-10(17(7)15-6)9-12-5-8(16(9)2)18(19)20/h3-5H,1-2H3,(H,11,15). The van der Waals surface area contributed by atoms with Crippen molar-refractivity contribution in [3.05, 3.63) is 28.4 Å². The molecule has 0 radical (unpaired) electrons. The maximum absolute atomic E-state index is 10.8. The van der Waals surface area contributed by atoms with Gasteiger partial charge in [-0.15, -0.1) is 15.3 Å². The molecule has 3 aromatic heterocycles. The van der Waals surface area contributed by atoms with Gasteiger partial charge in [-0.05, 0) is 17.1 Å². The predicted molar refractivity (Wildman–Crippen MR) is 69.2 cm³/mol. The number of nitro groups is 1. The lowest BCUT2D eigenvalue weighted by Crippen LogP contribution is -2.04. The topological polar surface area (TPSA) is 116 Å². The first kappa shape index (κ1) is 12.0. The van der Waals surface area contributed by atoms with Gasteiger partial charge < -0.3 is 15.4 Å². The van der Waals surface area contributed by atoms with E-state index >= 15 is 0 Å². The summed E-state index contributed by atoms with van der Waals surface area (Å²) in [6.45, 7) is 0. The van der Waals surface area contributed by atoms with Crippen molar-refractivity contribution < 1.29 is 4.92 Å². The van der Waals surface area contributed by atoms with Crippen LogP contribution >= 0.6 is 0 Å². The van der Waals surface area contributed by atoms with Crippen LogP contribution in [0.15, 0.2) is 18.3 Å². The third kappa shape index (κ3) is 1.66. The molecule has 3 rings (SSSR count). The molecule has 0 spiro atoms. The molecule has 0 saturated carbocycles. The number of fused-ring (bicyclic) bond motifs is 1. The van der Waals surface area contributed by atoms with E-state index in [0.29, 0.717) is 23.1 Å². The van der Waals surface area contributed by atoms with E-state index in [4.69, 9.17) is 0 Å². The van der Waals surface area contributed by atoms with Crippen LogP contribution in [-0.2, 0) is 7.05 Å². The molecule has 10 nitrogen and oxygen atoms in total. The van der Waals surface area contributed by atoms with Crippen LogP contribution in [0, 0.1) is 10.1 Å². The van der Waals surface area contributed by atoms with Crippen molar-refractivity contribution in [2.24, 2.45) is 7.05 Å². The van der Waals surface area contributed by atoms with Crippen molar-refractivity contribution >= 4 is 17.3 Å². The number of anilines is 1. The molecule has 0 aliphatic rings. The number of hydrogen-bond acceptors (Lipinski definition) is 7. The minimum Gasteiger partial charge on any atom is -0.372 e. The number of nitrogens with zero attached hydrogens (tertiary/aromatic N) is 7. The van der Waals surface area contributed by atoms with Crippen LogP contribution < -0.4 is 5.32 Å². The van der Waals surface area contributed by atoms with E-state index in [9.17, 15) is 10.1 Å². The van der Waals surface area contributed by atoms with E-state index in [1.165, 1.54) is 15.3 Å². The van der Waals surface area contributed by atoms with Crippen LogP contribution in [0.1, 0.15) is 0 Å². The molecule has 10 heteroatoms. The summed E-state index contributed by atoms with van der Waals surface area (Å²) in [6, 6.07) is 3.50. The largest absolute Gasteiger partial charge is 0.372 e. The molecule has 0 fully saturated rings. The molecule has 3 aromatic rings. The first-order chi connectivity index (χ1) is 9.61. The second kappa shape index (κ2) is 4.26. The van der Waals surface area contributed by atoms with Gasteiger partial charge in [0.05, 0.1) is 7.05 Å². The van der Waals surface area contributed by atoms with Gasteiger partial charge in [-0.25, -0.2) is 9.55 Å². The van der Waals surface area contributed by atoms with Crippen LogP contribution in [0.5, 0.6) is 0 Å². The molecule has 0 saturated heterocycles. The van der Waals surface area contributed by atoms with Gasteiger partial charge in [-0.1, -0.05) is 0 Å². The Hall–Kier alpha value is -3.04. The summed E-state index contributed by atoms with van der Waals surface area (Å²) >= 11 is 0. The minimum absolute atomic E-state index is 0.124. The Morgan fingerprint density at radius 1 is 1.30 bits per heavy atom. The zero-order chi connectivity index (χ0) is 14.3. The van der Waals surface area contributed by atoms with Crippen molar-refractivity contribution in [3.8, 4) is 11.6 Å². The van der Waals surface area contributed by atoms with Crippen LogP contribution in [0.4, 0.5) is 11.6 Å². The van der Waals surface area contributed by atoms with Gasteiger partial charge in [-0.2, -0.15) is 4.52 Å². The van der Waals surface area contributed by atoms with E-state index < -0.39 is 4.92 Å². The molecular formula is C10H10N8O2. The van der Waals surface area contributed by atoms with Crippen molar-refractivity contribution in [2.75, 3.05) is 12.4 Å². The highest BCUT2D eigenvalue weighted by atomic mass is 16.6. The van der Waals surface area contributed by atoms with Crippen LogP contribution in [0.3, 0.4) is 0 Å². The highest BCUT2D eigenvalue weighted by molar-refractivity contribution is 5.54. The normalized spacial score (nSPS) is 10.9.